The van der Waals surface area contributed by atoms with Gasteiger partial charge in [-0.15, -0.1) is 0 Å². The number of nitrogens with zero attached hydrogens (tertiary/aromatic N) is 1. The molecule has 0 radical (unpaired) electrons. The van der Waals surface area contributed by atoms with E-state index in [0.29, 0.717) is 0 Å². The minimum Gasteiger partial charge on any atom is -0.216 e. The average Bonchev–Trinajstić information content (AvgIpc) is 1.78. The van der Waals surface area contributed by atoms with Crippen molar-refractivity contribution in [2.24, 2.45) is 5.14 Å². The highest BCUT2D eigenvalue weighted by Gasteiger charge is 2.33. The van der Waals surface area contributed by atoms with Crippen molar-refractivity contribution in [3.63, 3.8) is 0 Å². The summed E-state index contributed by atoms with van der Waals surface area (Å²) in [5.74, 6) is 0. The lowest BCUT2D eigenvalue weighted by atomic mass is 10.6. The molecule has 0 aliphatic heterocycles. The molecule has 0 heterocycles. The molecule has 0 atom stereocenters. The Kier molecular flexibility index (Phi) is 3.48. The summed E-state index contributed by atoms with van der Waals surface area (Å²) in [7, 11) is -4.23. The first-order valence-electron chi connectivity index (χ1n) is 3.01. The molecule has 0 saturated heterocycles. The zero-order valence-corrected chi connectivity index (χ0v) is 7.11. The van der Waals surface area contributed by atoms with Crippen LogP contribution in [0, 0.1) is 0 Å². The van der Waals surface area contributed by atoms with Gasteiger partial charge in [0, 0.05) is 6.54 Å². The summed E-state index contributed by atoms with van der Waals surface area (Å²) in [6.45, 7) is -0.559. The molecule has 0 saturated carbocycles. The second-order valence-corrected chi connectivity index (χ2v) is 3.63. The summed E-state index contributed by atoms with van der Waals surface area (Å²) in [6.07, 6.45) is -4.55. The maximum Gasteiger partial charge on any atom is 0.402 e. The van der Waals surface area contributed by atoms with Gasteiger partial charge in [0.1, 0.15) is 6.54 Å². The van der Waals surface area contributed by atoms with Crippen LogP contribution in [-0.2, 0) is 10.2 Å². The van der Waals surface area contributed by atoms with Gasteiger partial charge in [-0.2, -0.15) is 25.9 Å². The Bertz CT molecular complexity index is 235. The SMILES string of the molecule is CCN(CC(F)(F)F)S(N)(=O)=O. The van der Waals surface area contributed by atoms with Crippen LogP contribution < -0.4 is 5.14 Å². The van der Waals surface area contributed by atoms with Crippen LogP contribution in [0.1, 0.15) is 6.92 Å². The minimum absolute atomic E-state index is 0.146. The number of rotatable bonds is 3. The van der Waals surface area contributed by atoms with Crippen LogP contribution in [0.2, 0.25) is 0 Å². The van der Waals surface area contributed by atoms with Gasteiger partial charge < -0.3 is 0 Å². The zero-order valence-electron chi connectivity index (χ0n) is 6.30. The van der Waals surface area contributed by atoms with Crippen LogP contribution in [0.3, 0.4) is 0 Å². The third-order valence-corrected chi connectivity index (χ3v) is 2.18. The monoisotopic (exact) mass is 206 g/mol. The maximum absolute atomic E-state index is 11.7. The van der Waals surface area contributed by atoms with Gasteiger partial charge in [-0.25, -0.2) is 5.14 Å². The van der Waals surface area contributed by atoms with Crippen LogP contribution in [0.4, 0.5) is 13.2 Å². The zero-order chi connectivity index (χ0) is 9.99. The molecular weight excluding hydrogens is 197 g/mol. The topological polar surface area (TPSA) is 63.4 Å². The second kappa shape index (κ2) is 3.58. The highest BCUT2D eigenvalue weighted by Crippen LogP contribution is 2.16. The molecule has 2 N–H and O–H groups in total. The summed E-state index contributed by atoms with van der Waals surface area (Å²) in [4.78, 5) is 0. The van der Waals surface area contributed by atoms with Gasteiger partial charge in [0.25, 0.3) is 10.2 Å². The number of hydrogen-bond acceptors (Lipinski definition) is 2. The molecule has 0 aliphatic rings. The van der Waals surface area contributed by atoms with E-state index in [4.69, 9.17) is 0 Å². The van der Waals surface area contributed by atoms with E-state index in [0.717, 1.165) is 0 Å². The number of halogens is 3. The highest BCUT2D eigenvalue weighted by molar-refractivity contribution is 7.86. The lowest BCUT2D eigenvalue weighted by molar-refractivity contribution is -0.135. The molecule has 0 unspecified atom stereocenters. The van der Waals surface area contributed by atoms with Crippen molar-refractivity contribution in [3.05, 3.63) is 0 Å². The Morgan fingerprint density at radius 3 is 1.92 bits per heavy atom. The van der Waals surface area contributed by atoms with Crippen molar-refractivity contribution in [1.82, 2.24) is 4.31 Å². The van der Waals surface area contributed by atoms with Gasteiger partial charge in [-0.05, 0) is 0 Å². The molecule has 0 aromatic rings. The molecule has 4 nitrogen and oxygen atoms in total. The largest absolute Gasteiger partial charge is 0.402 e. The molecular formula is C4H9F3N2O2S. The molecule has 0 fully saturated rings. The van der Waals surface area contributed by atoms with Crippen molar-refractivity contribution < 1.29 is 21.6 Å². The Morgan fingerprint density at radius 2 is 1.83 bits per heavy atom. The standard InChI is InChI=1S/C4H9F3N2O2S/c1-2-9(12(8,10)11)3-4(5,6)7/h2-3H2,1H3,(H2,8,10,11). The van der Waals surface area contributed by atoms with E-state index < -0.39 is 22.9 Å². The molecule has 0 rings (SSSR count). The Balaban J connectivity index is 4.41. The van der Waals surface area contributed by atoms with Gasteiger partial charge in [-0.1, -0.05) is 6.92 Å². The fraction of sp³-hybridized carbons (Fsp3) is 1.00. The quantitative estimate of drug-likeness (QED) is 0.710. The van der Waals surface area contributed by atoms with Crippen molar-refractivity contribution in [1.29, 1.82) is 0 Å². The van der Waals surface area contributed by atoms with E-state index in [1.165, 1.54) is 6.92 Å². The molecule has 0 bridgehead atoms. The van der Waals surface area contributed by atoms with Crippen molar-refractivity contribution in [2.45, 2.75) is 13.1 Å². The minimum atomic E-state index is -4.55. The van der Waals surface area contributed by atoms with Crippen molar-refractivity contribution >= 4 is 10.2 Å². The molecule has 0 aromatic carbocycles. The first-order valence-corrected chi connectivity index (χ1v) is 4.51. The second-order valence-electron chi connectivity index (χ2n) is 2.09. The Hall–Kier alpha value is -0.340. The van der Waals surface area contributed by atoms with Crippen molar-refractivity contribution in [3.8, 4) is 0 Å². The van der Waals surface area contributed by atoms with E-state index in [1.807, 2.05) is 0 Å². The van der Waals surface area contributed by atoms with Gasteiger partial charge in [0.15, 0.2) is 0 Å². The molecule has 0 aliphatic carbocycles. The first-order chi connectivity index (χ1) is 5.17. The summed E-state index contributed by atoms with van der Waals surface area (Å²) in [5, 5.41) is 4.50. The third kappa shape index (κ3) is 4.52. The first kappa shape index (κ1) is 11.7. The van der Waals surface area contributed by atoms with E-state index in [9.17, 15) is 21.6 Å². The molecule has 8 heteroatoms. The fourth-order valence-corrected chi connectivity index (χ4v) is 1.27. The normalized spacial score (nSPS) is 13.8. The molecule has 12 heavy (non-hydrogen) atoms. The smallest absolute Gasteiger partial charge is 0.216 e. The average molecular weight is 206 g/mol. The highest BCUT2D eigenvalue weighted by atomic mass is 32.2. The summed E-state index contributed by atoms with van der Waals surface area (Å²) < 4.78 is 56.0. The van der Waals surface area contributed by atoms with E-state index >= 15 is 0 Å². The van der Waals surface area contributed by atoms with Gasteiger partial charge in [0.2, 0.25) is 0 Å². The van der Waals surface area contributed by atoms with E-state index in [1.54, 1.807) is 0 Å². The van der Waals surface area contributed by atoms with Crippen LogP contribution in [0.5, 0.6) is 0 Å². The van der Waals surface area contributed by atoms with Gasteiger partial charge in [-0.3, -0.25) is 0 Å². The van der Waals surface area contributed by atoms with Gasteiger partial charge in [0.05, 0.1) is 0 Å². The van der Waals surface area contributed by atoms with Crippen molar-refractivity contribution in [2.75, 3.05) is 13.1 Å². The van der Waals surface area contributed by atoms with Crippen LogP contribution in [0.25, 0.3) is 0 Å². The lowest BCUT2D eigenvalue weighted by Crippen LogP contribution is -2.42. The Morgan fingerprint density at radius 1 is 1.42 bits per heavy atom. The Labute approximate surface area is 68.3 Å². The molecule has 0 amide bonds. The fourth-order valence-electron chi connectivity index (χ4n) is 0.582. The van der Waals surface area contributed by atoms with Gasteiger partial charge >= 0.3 is 6.18 Å². The summed E-state index contributed by atoms with van der Waals surface area (Å²) in [6, 6.07) is 0. The molecule has 0 spiro atoms. The summed E-state index contributed by atoms with van der Waals surface area (Å²) in [5.41, 5.74) is 0. The van der Waals surface area contributed by atoms with Crippen LogP contribution >= 0.6 is 0 Å². The molecule has 74 valence electrons. The predicted octanol–water partition coefficient (Wildman–Crippen LogP) is 0.0741. The summed E-state index contributed by atoms with van der Waals surface area (Å²) >= 11 is 0. The van der Waals surface area contributed by atoms with Crippen LogP contribution in [-0.4, -0.2) is 32.0 Å². The van der Waals surface area contributed by atoms with E-state index in [-0.39, 0.29) is 10.8 Å². The number of alkyl halides is 3. The number of hydrogen-bond donors (Lipinski definition) is 1. The number of nitrogens with two attached hydrogens (primary N) is 1. The molecule has 0 aromatic heterocycles. The predicted molar refractivity (Wildman–Crippen MR) is 36.4 cm³/mol. The third-order valence-electron chi connectivity index (χ3n) is 1.07. The van der Waals surface area contributed by atoms with Crippen LogP contribution in [0.15, 0.2) is 0 Å². The maximum atomic E-state index is 11.7. The lowest BCUT2D eigenvalue weighted by Gasteiger charge is -2.18. The van der Waals surface area contributed by atoms with E-state index in [2.05, 4.69) is 5.14 Å².